The molecule has 344 valence electrons. The third kappa shape index (κ3) is 10.9. The smallest absolute Gasteiger partial charge is 0.266 e. The molecule has 6 amide bonds. The fourth-order valence-electron chi connectivity index (χ4n) is 10.00. The zero-order chi connectivity index (χ0) is 45.3. The van der Waals surface area contributed by atoms with Gasteiger partial charge in [0.05, 0.1) is 56.7 Å². The van der Waals surface area contributed by atoms with Crippen molar-refractivity contribution in [3.8, 4) is 0 Å². The van der Waals surface area contributed by atoms with Crippen molar-refractivity contribution in [2.45, 2.75) is 149 Å². The maximum Gasteiger partial charge on any atom is 0.266 e. The molecule has 5 aliphatic heterocycles. The van der Waals surface area contributed by atoms with Crippen LogP contribution in [0.5, 0.6) is 0 Å². The van der Waals surface area contributed by atoms with Crippen LogP contribution >= 0.6 is 0 Å². The summed E-state index contributed by atoms with van der Waals surface area (Å²) in [6, 6.07) is -7.83. The number of amides is 6. The minimum atomic E-state index is -4.70. The Morgan fingerprint density at radius 3 is 1.42 bits per heavy atom. The maximum absolute atomic E-state index is 14.3. The van der Waals surface area contributed by atoms with Crippen LogP contribution in [0.25, 0.3) is 0 Å². The molecule has 6 fully saturated rings. The van der Waals surface area contributed by atoms with E-state index in [9.17, 15) is 72.1 Å². The monoisotopic (exact) mass is 895 g/mol. The Kier molecular flexibility index (Phi) is 15.0. The Balaban J connectivity index is 1.13. The van der Waals surface area contributed by atoms with Gasteiger partial charge < -0.3 is 65.5 Å². The Bertz CT molecular complexity index is 1840. The Morgan fingerprint density at radius 2 is 0.984 bits per heavy atom. The largest absolute Gasteiger partial charge is 0.391 e. The number of aldehydes is 1. The molecule has 22 nitrogen and oxygen atoms in total. The van der Waals surface area contributed by atoms with Crippen LogP contribution < -0.4 is 10.6 Å². The SMILES string of the molecule is [B]C1(NC(CS(=O)(=O)O)C(=O)NCC(=O)N2CC(O)CC2C(=O)N2CC(O)CC2C(=O)N2CC(O)CC2C(=O)N2CC(O)CC2C(=O)N2CC(O)CC2C=O)CCCCCCC1. The fraction of sp³-hybridized carbons (Fsp3) is 0.816. The normalized spacial score (nSPS) is 33.3. The van der Waals surface area contributed by atoms with Crippen molar-refractivity contribution in [1.82, 2.24) is 35.1 Å². The number of β-amino-alcohol motifs (C(OH)–C–C–N with tert-alkyl or cyclic N) is 5. The molecule has 5 heterocycles. The summed E-state index contributed by atoms with van der Waals surface area (Å²) in [5, 5.41) is 58.0. The second-order valence-corrected chi connectivity index (χ2v) is 19.3. The molecule has 1 saturated carbocycles. The lowest BCUT2D eigenvalue weighted by Crippen LogP contribution is -2.59. The van der Waals surface area contributed by atoms with E-state index in [0.717, 1.165) is 56.6 Å². The highest BCUT2D eigenvalue weighted by Crippen LogP contribution is 2.32. The van der Waals surface area contributed by atoms with E-state index in [2.05, 4.69) is 10.6 Å². The first-order valence-electron chi connectivity index (χ1n) is 21.3. The third-order valence-corrected chi connectivity index (χ3v) is 13.8. The van der Waals surface area contributed by atoms with E-state index in [4.69, 9.17) is 7.85 Å². The highest BCUT2D eigenvalue weighted by Gasteiger charge is 2.53. The highest BCUT2D eigenvalue weighted by atomic mass is 32.2. The van der Waals surface area contributed by atoms with Gasteiger partial charge in [0.2, 0.25) is 35.4 Å². The van der Waals surface area contributed by atoms with Crippen LogP contribution in [0.3, 0.4) is 0 Å². The van der Waals surface area contributed by atoms with E-state index in [1.165, 1.54) is 0 Å². The molecule has 11 unspecified atom stereocenters. The van der Waals surface area contributed by atoms with Crippen LogP contribution in [0.1, 0.15) is 77.0 Å². The molecule has 6 aliphatic rings. The molecule has 1 aliphatic carbocycles. The molecule has 6 rings (SSSR count). The second-order valence-electron chi connectivity index (χ2n) is 17.8. The number of nitrogens with one attached hydrogen (secondary N) is 2. The lowest BCUT2D eigenvalue weighted by Gasteiger charge is -2.37. The molecule has 0 aromatic rings. The zero-order valence-electron chi connectivity index (χ0n) is 34.4. The number of aliphatic hydroxyl groups is 5. The van der Waals surface area contributed by atoms with E-state index in [1.807, 2.05) is 0 Å². The summed E-state index contributed by atoms with van der Waals surface area (Å²) in [5.41, 5.74) is -1.12. The van der Waals surface area contributed by atoms with Gasteiger partial charge in [0.1, 0.15) is 36.5 Å². The van der Waals surface area contributed by atoms with Crippen molar-refractivity contribution >= 4 is 59.7 Å². The van der Waals surface area contributed by atoms with Crippen LogP contribution in [-0.2, 0) is 43.7 Å². The Morgan fingerprint density at radius 1 is 0.613 bits per heavy atom. The second kappa shape index (κ2) is 19.5. The Labute approximate surface area is 360 Å². The van der Waals surface area contributed by atoms with E-state index in [-0.39, 0.29) is 64.8 Å². The van der Waals surface area contributed by atoms with Crippen LogP contribution in [-0.4, -0.2) is 230 Å². The topological polar surface area (TPSA) is 315 Å². The molecule has 24 heteroatoms. The molecule has 5 saturated heterocycles. The van der Waals surface area contributed by atoms with Gasteiger partial charge in [-0.05, 0) is 18.3 Å². The van der Waals surface area contributed by atoms with E-state index in [1.54, 1.807) is 0 Å². The van der Waals surface area contributed by atoms with E-state index < -0.39 is 130 Å². The van der Waals surface area contributed by atoms with Gasteiger partial charge in [-0.15, -0.1) is 0 Å². The molecule has 0 bridgehead atoms. The van der Waals surface area contributed by atoms with Crippen LogP contribution in [0.4, 0.5) is 0 Å². The van der Waals surface area contributed by atoms with E-state index in [0.29, 0.717) is 19.1 Å². The quantitative estimate of drug-likeness (QED) is 0.0515. The molecule has 0 aromatic heterocycles. The number of aliphatic hydroxyl groups excluding tert-OH is 5. The molecule has 0 spiro atoms. The van der Waals surface area contributed by atoms with Crippen molar-refractivity contribution < 1.29 is 72.1 Å². The third-order valence-electron chi connectivity index (χ3n) is 13.0. The Hall–Kier alpha value is -3.78. The molecule has 8 N–H and O–H groups in total. The first-order chi connectivity index (χ1) is 29.2. The van der Waals surface area contributed by atoms with Crippen molar-refractivity contribution in [1.29, 1.82) is 0 Å². The fourth-order valence-corrected chi connectivity index (χ4v) is 10.7. The number of rotatable bonds is 12. The summed E-state index contributed by atoms with van der Waals surface area (Å²) in [6.45, 7) is -2.27. The summed E-state index contributed by atoms with van der Waals surface area (Å²) in [5.74, 6) is -5.94. The molecule has 62 heavy (non-hydrogen) atoms. The molecule has 2 radical (unpaired) electrons. The van der Waals surface area contributed by atoms with Crippen LogP contribution in [0.2, 0.25) is 0 Å². The van der Waals surface area contributed by atoms with Gasteiger partial charge >= 0.3 is 0 Å². The number of hydrogen-bond donors (Lipinski definition) is 8. The molecular formula is C38H58BN7O15S. The number of carbonyl (C=O) groups excluding carboxylic acids is 7. The predicted octanol–water partition coefficient (Wildman–Crippen LogP) is -5.43. The zero-order valence-corrected chi connectivity index (χ0v) is 35.3. The standard InChI is InChI=1S/C38H58BN7O15S/c39-38(6-4-2-1-3-5-7-38)41-27(20-62(59,60)61)33(54)40-13-32(53)43-15-23(49)9-28(43)35(56)45-17-25(51)11-30(45)37(58)46-18-26(52)12-31(46)36(57)44-16-24(50)10-29(44)34(55)42-14-22(48)8-21(42)19-47/h19,21-31,41,48-52H,1-18,20H2,(H,40,54)(H,59,60,61). The minimum absolute atomic E-state index is 0.00783. The van der Waals surface area contributed by atoms with Crippen molar-refractivity contribution in [3.63, 3.8) is 0 Å². The number of nitrogens with zero attached hydrogens (tertiary/aromatic N) is 5. The summed E-state index contributed by atoms with van der Waals surface area (Å²) in [7, 11) is 1.84. The first kappa shape index (κ1) is 47.7. The number of carbonyl (C=O) groups is 7. The van der Waals surface area contributed by atoms with Gasteiger partial charge in [0.15, 0.2) is 0 Å². The summed E-state index contributed by atoms with van der Waals surface area (Å²) >= 11 is 0. The van der Waals surface area contributed by atoms with Crippen molar-refractivity contribution in [2.24, 2.45) is 0 Å². The maximum atomic E-state index is 14.3. The van der Waals surface area contributed by atoms with Crippen LogP contribution in [0, 0.1) is 0 Å². The summed E-state index contributed by atoms with van der Waals surface area (Å²) in [4.78, 5) is 100. The first-order valence-corrected chi connectivity index (χ1v) is 23.0. The van der Waals surface area contributed by atoms with Gasteiger partial charge in [-0.1, -0.05) is 32.1 Å². The van der Waals surface area contributed by atoms with Gasteiger partial charge in [0, 0.05) is 64.8 Å². The minimum Gasteiger partial charge on any atom is -0.391 e. The van der Waals surface area contributed by atoms with Gasteiger partial charge in [-0.3, -0.25) is 33.3 Å². The lowest BCUT2D eigenvalue weighted by atomic mass is 9.69. The van der Waals surface area contributed by atoms with Crippen molar-refractivity contribution in [3.05, 3.63) is 0 Å². The van der Waals surface area contributed by atoms with Crippen molar-refractivity contribution in [2.75, 3.05) is 45.0 Å². The van der Waals surface area contributed by atoms with Crippen LogP contribution in [0.15, 0.2) is 0 Å². The molecule has 0 aromatic carbocycles. The average Bonchev–Trinajstić information content (AvgIpc) is 4.04. The molecular weight excluding hydrogens is 837 g/mol. The lowest BCUT2D eigenvalue weighted by molar-refractivity contribution is -0.153. The van der Waals surface area contributed by atoms with Gasteiger partial charge in [-0.2, -0.15) is 8.42 Å². The summed E-state index contributed by atoms with van der Waals surface area (Å²) in [6.07, 6.45) is -1.09. The molecule has 11 atom stereocenters. The predicted molar refractivity (Wildman–Crippen MR) is 214 cm³/mol. The highest BCUT2D eigenvalue weighted by molar-refractivity contribution is 7.85. The van der Waals surface area contributed by atoms with Gasteiger partial charge in [0.25, 0.3) is 10.1 Å². The van der Waals surface area contributed by atoms with E-state index >= 15 is 0 Å². The number of hydrogen-bond acceptors (Lipinski definition) is 15. The average molecular weight is 896 g/mol. The summed E-state index contributed by atoms with van der Waals surface area (Å²) < 4.78 is 33.4. The van der Waals surface area contributed by atoms with Gasteiger partial charge in [-0.25, -0.2) is 0 Å². The number of likely N-dealkylation sites (tertiary alicyclic amines) is 5.